The van der Waals surface area contributed by atoms with Crippen molar-refractivity contribution in [3.8, 4) is 0 Å². The monoisotopic (exact) mass is 376 g/mol. The minimum absolute atomic E-state index is 0.145. The molecule has 1 aliphatic heterocycles. The number of carbonyl (C=O) groups is 2. The molecular formula is C18H24N4O5. The van der Waals surface area contributed by atoms with E-state index in [1.807, 2.05) is 6.07 Å². The molecule has 0 bridgehead atoms. The molecule has 0 radical (unpaired) electrons. The number of imidazole rings is 1. The summed E-state index contributed by atoms with van der Waals surface area (Å²) in [6, 6.07) is 3.66. The average Bonchev–Trinajstić information content (AvgIpc) is 2.86. The first kappa shape index (κ1) is 19.0. The van der Waals surface area contributed by atoms with Crippen LogP contribution in [0.1, 0.15) is 13.3 Å². The number of morpholine rings is 1. The number of hydrogen-bond acceptors (Lipinski definition) is 6. The van der Waals surface area contributed by atoms with Crippen LogP contribution in [-0.4, -0.2) is 53.9 Å². The number of amides is 1. The molecule has 0 unspecified atom stereocenters. The highest BCUT2D eigenvalue weighted by Crippen LogP contribution is 2.31. The average molecular weight is 376 g/mol. The van der Waals surface area contributed by atoms with Crippen LogP contribution in [0, 0.1) is 0 Å². The number of rotatable bonds is 5. The van der Waals surface area contributed by atoms with Gasteiger partial charge in [0.15, 0.2) is 0 Å². The van der Waals surface area contributed by atoms with Gasteiger partial charge in [0.1, 0.15) is 6.42 Å². The van der Waals surface area contributed by atoms with Gasteiger partial charge in [0.05, 0.1) is 42.2 Å². The Hall–Kier alpha value is -2.81. The minimum Gasteiger partial charge on any atom is -0.466 e. The van der Waals surface area contributed by atoms with Crippen LogP contribution in [0.4, 0.5) is 11.4 Å². The zero-order valence-electron chi connectivity index (χ0n) is 15.8. The van der Waals surface area contributed by atoms with Crippen molar-refractivity contribution in [3.05, 3.63) is 22.6 Å². The highest BCUT2D eigenvalue weighted by atomic mass is 16.5. The smallest absolute Gasteiger partial charge is 0.328 e. The Morgan fingerprint density at radius 2 is 1.78 bits per heavy atom. The lowest BCUT2D eigenvalue weighted by atomic mass is 10.2. The Bertz CT molecular complexity index is 924. The van der Waals surface area contributed by atoms with Gasteiger partial charge in [0, 0.05) is 27.2 Å². The van der Waals surface area contributed by atoms with Crippen molar-refractivity contribution >= 4 is 34.3 Å². The molecule has 2 heterocycles. The first-order chi connectivity index (χ1) is 12.9. The van der Waals surface area contributed by atoms with E-state index >= 15 is 0 Å². The summed E-state index contributed by atoms with van der Waals surface area (Å²) in [7, 11) is 3.40. The Morgan fingerprint density at radius 3 is 2.41 bits per heavy atom. The standard InChI is InChI=1S/C18H24N4O5/c1-4-27-17(24)11-16(23)19-12-9-14-15(21(3)18(25)20(14)2)10-13(12)22-5-7-26-8-6-22/h9-10H,4-8,11H2,1-3H3,(H,19,23). The van der Waals surface area contributed by atoms with Gasteiger partial charge in [-0.2, -0.15) is 0 Å². The zero-order chi connectivity index (χ0) is 19.6. The zero-order valence-corrected chi connectivity index (χ0v) is 15.8. The van der Waals surface area contributed by atoms with Crippen molar-refractivity contribution in [2.24, 2.45) is 14.1 Å². The van der Waals surface area contributed by atoms with Crippen LogP contribution in [-0.2, 0) is 33.2 Å². The fourth-order valence-corrected chi connectivity index (χ4v) is 3.24. The molecule has 1 saturated heterocycles. The minimum atomic E-state index is -0.573. The van der Waals surface area contributed by atoms with Crippen LogP contribution in [0.3, 0.4) is 0 Å². The molecular weight excluding hydrogens is 352 g/mol. The van der Waals surface area contributed by atoms with Crippen molar-refractivity contribution < 1.29 is 19.1 Å². The van der Waals surface area contributed by atoms with Crippen LogP contribution in [0.5, 0.6) is 0 Å². The summed E-state index contributed by atoms with van der Waals surface area (Å²) in [4.78, 5) is 38.3. The second-order valence-electron chi connectivity index (χ2n) is 6.39. The van der Waals surface area contributed by atoms with Crippen molar-refractivity contribution in [1.82, 2.24) is 9.13 Å². The summed E-state index contributed by atoms with van der Waals surface area (Å²) in [6.45, 7) is 4.43. The van der Waals surface area contributed by atoms with Gasteiger partial charge in [-0.15, -0.1) is 0 Å². The van der Waals surface area contributed by atoms with Crippen molar-refractivity contribution in [3.63, 3.8) is 0 Å². The second kappa shape index (κ2) is 7.83. The lowest BCUT2D eigenvalue weighted by molar-refractivity contribution is -0.145. The van der Waals surface area contributed by atoms with E-state index in [0.29, 0.717) is 37.5 Å². The number of fused-ring (bicyclic) bond motifs is 1. The molecule has 0 aliphatic carbocycles. The molecule has 1 amide bonds. The highest BCUT2D eigenvalue weighted by molar-refractivity contribution is 6.05. The first-order valence-electron chi connectivity index (χ1n) is 8.90. The molecule has 0 atom stereocenters. The van der Waals surface area contributed by atoms with Crippen molar-refractivity contribution in [2.45, 2.75) is 13.3 Å². The Morgan fingerprint density at radius 1 is 1.15 bits per heavy atom. The Kier molecular flexibility index (Phi) is 5.50. The van der Waals surface area contributed by atoms with Gasteiger partial charge in [-0.05, 0) is 19.1 Å². The van der Waals surface area contributed by atoms with Crippen LogP contribution in [0.25, 0.3) is 11.0 Å². The number of ether oxygens (including phenoxy) is 2. The lowest BCUT2D eigenvalue weighted by Crippen LogP contribution is -2.36. The van der Waals surface area contributed by atoms with E-state index in [9.17, 15) is 14.4 Å². The number of nitrogens with one attached hydrogen (secondary N) is 1. The van der Waals surface area contributed by atoms with Gasteiger partial charge in [-0.25, -0.2) is 4.79 Å². The van der Waals surface area contributed by atoms with E-state index in [1.54, 1.807) is 31.7 Å². The normalized spacial score (nSPS) is 14.4. The highest BCUT2D eigenvalue weighted by Gasteiger charge is 2.21. The summed E-state index contributed by atoms with van der Waals surface area (Å²) < 4.78 is 13.3. The third kappa shape index (κ3) is 3.82. The number of nitrogens with zero attached hydrogens (tertiary/aromatic N) is 3. The summed E-state index contributed by atoms with van der Waals surface area (Å²) in [5.41, 5.74) is 2.68. The Labute approximate surface area is 156 Å². The maximum atomic E-state index is 12.3. The topological polar surface area (TPSA) is 94.8 Å². The molecule has 2 aromatic rings. The maximum Gasteiger partial charge on any atom is 0.328 e. The maximum absolute atomic E-state index is 12.3. The van der Waals surface area contributed by atoms with E-state index in [1.165, 1.54) is 4.57 Å². The Balaban J connectivity index is 2.00. The number of hydrogen-bond donors (Lipinski definition) is 1. The number of benzene rings is 1. The molecule has 3 rings (SSSR count). The second-order valence-corrected chi connectivity index (χ2v) is 6.39. The quantitative estimate of drug-likeness (QED) is 0.607. The summed E-state index contributed by atoms with van der Waals surface area (Å²) in [5, 5.41) is 2.80. The molecule has 1 aromatic carbocycles. The predicted molar refractivity (Wildman–Crippen MR) is 101 cm³/mol. The number of aromatic nitrogens is 2. The van der Waals surface area contributed by atoms with E-state index in [-0.39, 0.29) is 18.7 Å². The number of esters is 1. The molecule has 0 saturated carbocycles. The number of aryl methyl sites for hydroxylation is 2. The van der Waals surface area contributed by atoms with Gasteiger partial charge >= 0.3 is 11.7 Å². The van der Waals surface area contributed by atoms with Crippen LogP contribution < -0.4 is 15.9 Å². The van der Waals surface area contributed by atoms with Crippen LogP contribution in [0.15, 0.2) is 16.9 Å². The molecule has 1 N–H and O–H groups in total. The van der Waals surface area contributed by atoms with E-state index in [0.717, 1.165) is 11.2 Å². The van der Waals surface area contributed by atoms with Crippen LogP contribution >= 0.6 is 0 Å². The number of anilines is 2. The van der Waals surface area contributed by atoms with Crippen LogP contribution in [0.2, 0.25) is 0 Å². The first-order valence-corrected chi connectivity index (χ1v) is 8.90. The molecule has 1 aliphatic rings. The third-order valence-electron chi connectivity index (χ3n) is 4.63. The van der Waals surface area contributed by atoms with Gasteiger partial charge < -0.3 is 19.7 Å². The van der Waals surface area contributed by atoms with Gasteiger partial charge in [0.25, 0.3) is 0 Å². The summed E-state index contributed by atoms with van der Waals surface area (Å²) >= 11 is 0. The third-order valence-corrected chi connectivity index (χ3v) is 4.63. The van der Waals surface area contributed by atoms with Gasteiger partial charge in [-0.1, -0.05) is 0 Å². The molecule has 27 heavy (non-hydrogen) atoms. The summed E-state index contributed by atoms with van der Waals surface area (Å²) in [5.74, 6) is -1.03. The van der Waals surface area contributed by atoms with Crippen molar-refractivity contribution in [2.75, 3.05) is 43.1 Å². The van der Waals surface area contributed by atoms with E-state index in [2.05, 4.69) is 10.2 Å². The fourth-order valence-electron chi connectivity index (χ4n) is 3.24. The molecule has 9 heteroatoms. The molecule has 146 valence electrons. The number of carbonyl (C=O) groups excluding carboxylic acids is 2. The molecule has 0 spiro atoms. The molecule has 1 fully saturated rings. The van der Waals surface area contributed by atoms with Gasteiger partial charge in [-0.3, -0.25) is 18.7 Å². The van der Waals surface area contributed by atoms with E-state index < -0.39 is 11.9 Å². The predicted octanol–water partition coefficient (Wildman–Crippen LogP) is 0.605. The molecule has 1 aromatic heterocycles. The van der Waals surface area contributed by atoms with E-state index in [4.69, 9.17) is 9.47 Å². The molecule has 9 nitrogen and oxygen atoms in total. The largest absolute Gasteiger partial charge is 0.466 e. The lowest BCUT2D eigenvalue weighted by Gasteiger charge is -2.30. The summed E-state index contributed by atoms with van der Waals surface area (Å²) in [6.07, 6.45) is -0.359. The van der Waals surface area contributed by atoms with Gasteiger partial charge in [0.2, 0.25) is 5.91 Å². The van der Waals surface area contributed by atoms with Crippen molar-refractivity contribution in [1.29, 1.82) is 0 Å². The SMILES string of the molecule is CCOC(=O)CC(=O)Nc1cc2c(cc1N1CCOCC1)n(C)c(=O)n2C. The fraction of sp³-hybridized carbons (Fsp3) is 0.500.